The highest BCUT2D eigenvalue weighted by Gasteiger charge is 2.19. The highest BCUT2D eigenvalue weighted by molar-refractivity contribution is 5.98. The Labute approximate surface area is 94.1 Å². The van der Waals surface area contributed by atoms with Gasteiger partial charge < -0.3 is 10.1 Å². The molecule has 0 saturated heterocycles. The predicted octanol–water partition coefficient (Wildman–Crippen LogP) is 3.30. The average Bonchev–Trinajstić information content (AvgIpc) is 2.58. The molecular formula is C13H15NO2. The van der Waals surface area contributed by atoms with Gasteiger partial charge in [0, 0.05) is 10.9 Å². The number of aromatic carboxylic acids is 1. The van der Waals surface area contributed by atoms with Crippen molar-refractivity contribution in [3.8, 4) is 0 Å². The lowest BCUT2D eigenvalue weighted by molar-refractivity contribution is 0.0690. The van der Waals surface area contributed by atoms with Crippen LogP contribution in [0.1, 0.15) is 41.4 Å². The van der Waals surface area contributed by atoms with Crippen LogP contribution in [0.3, 0.4) is 0 Å². The summed E-state index contributed by atoms with van der Waals surface area (Å²) in [5.74, 6) is -0.694. The maximum absolute atomic E-state index is 11.2. The first-order valence-electron chi connectivity index (χ1n) is 5.37. The number of hydrogen-bond donors (Lipinski definition) is 2. The molecule has 0 spiro atoms. The molecule has 0 saturated carbocycles. The molecule has 3 heteroatoms. The van der Waals surface area contributed by atoms with Crippen LogP contribution in [0.4, 0.5) is 0 Å². The van der Waals surface area contributed by atoms with Crippen LogP contribution in [-0.2, 0) is 0 Å². The van der Waals surface area contributed by atoms with Crippen molar-refractivity contribution in [3.63, 3.8) is 0 Å². The number of aromatic amines is 1. The van der Waals surface area contributed by atoms with Crippen molar-refractivity contribution in [1.29, 1.82) is 0 Å². The zero-order valence-corrected chi connectivity index (χ0v) is 9.66. The van der Waals surface area contributed by atoms with Gasteiger partial charge in [-0.25, -0.2) is 4.79 Å². The number of aromatic nitrogens is 1. The second-order valence-corrected chi connectivity index (χ2v) is 4.37. The van der Waals surface area contributed by atoms with E-state index >= 15 is 0 Å². The quantitative estimate of drug-likeness (QED) is 0.810. The summed E-state index contributed by atoms with van der Waals surface area (Å²) in [6.45, 7) is 6.00. The first-order valence-corrected chi connectivity index (χ1v) is 5.37. The van der Waals surface area contributed by atoms with E-state index in [1.807, 2.05) is 39.0 Å². The Morgan fingerprint density at radius 3 is 2.62 bits per heavy atom. The van der Waals surface area contributed by atoms with Crippen molar-refractivity contribution in [2.45, 2.75) is 26.7 Å². The second-order valence-electron chi connectivity index (χ2n) is 4.37. The number of nitrogens with one attached hydrogen (secondary N) is 1. The summed E-state index contributed by atoms with van der Waals surface area (Å²) < 4.78 is 0. The van der Waals surface area contributed by atoms with Crippen LogP contribution in [0.5, 0.6) is 0 Å². The van der Waals surface area contributed by atoms with Gasteiger partial charge in [-0.05, 0) is 24.0 Å². The van der Waals surface area contributed by atoms with Gasteiger partial charge in [0.15, 0.2) is 0 Å². The number of rotatable bonds is 2. The van der Waals surface area contributed by atoms with Gasteiger partial charge in [-0.1, -0.05) is 32.0 Å². The van der Waals surface area contributed by atoms with E-state index in [9.17, 15) is 9.90 Å². The van der Waals surface area contributed by atoms with Gasteiger partial charge in [0.1, 0.15) is 5.69 Å². The molecule has 1 aromatic carbocycles. The Kier molecular flexibility index (Phi) is 2.46. The smallest absolute Gasteiger partial charge is 0.352 e. The zero-order chi connectivity index (χ0) is 11.9. The highest BCUT2D eigenvalue weighted by Crippen LogP contribution is 2.30. The molecule has 2 N–H and O–H groups in total. The largest absolute Gasteiger partial charge is 0.477 e. The van der Waals surface area contributed by atoms with E-state index in [1.165, 1.54) is 0 Å². The van der Waals surface area contributed by atoms with Gasteiger partial charge in [0.05, 0.1) is 0 Å². The van der Waals surface area contributed by atoms with Gasteiger partial charge in [0.25, 0.3) is 0 Å². The summed E-state index contributed by atoms with van der Waals surface area (Å²) in [4.78, 5) is 14.2. The molecule has 84 valence electrons. The molecule has 2 rings (SSSR count). The first kappa shape index (κ1) is 10.7. The topological polar surface area (TPSA) is 53.1 Å². The van der Waals surface area contributed by atoms with Crippen LogP contribution in [0.2, 0.25) is 0 Å². The minimum atomic E-state index is -0.890. The number of H-pyrrole nitrogens is 1. The fourth-order valence-corrected chi connectivity index (χ4v) is 2.15. The minimum absolute atomic E-state index is 0.196. The number of hydrogen-bond acceptors (Lipinski definition) is 1. The third kappa shape index (κ3) is 1.48. The number of fused-ring (bicyclic) bond motifs is 1. The van der Waals surface area contributed by atoms with E-state index in [-0.39, 0.29) is 5.92 Å². The monoisotopic (exact) mass is 217 g/mol. The molecule has 3 nitrogen and oxygen atoms in total. The number of carboxylic acid groups (broad SMARTS) is 1. The van der Waals surface area contributed by atoms with Crippen LogP contribution in [0.15, 0.2) is 18.2 Å². The van der Waals surface area contributed by atoms with Crippen molar-refractivity contribution in [2.75, 3.05) is 0 Å². The van der Waals surface area contributed by atoms with Crippen LogP contribution in [0.25, 0.3) is 10.9 Å². The SMILES string of the molecule is Cc1cccc2c(C(C)C)c(C(=O)O)[nH]c12. The molecule has 0 radical (unpaired) electrons. The third-order valence-electron chi connectivity index (χ3n) is 2.87. The molecule has 16 heavy (non-hydrogen) atoms. The van der Waals surface area contributed by atoms with Crippen LogP contribution in [0, 0.1) is 6.92 Å². The molecule has 0 aliphatic heterocycles. The van der Waals surface area contributed by atoms with E-state index in [0.717, 1.165) is 22.0 Å². The van der Waals surface area contributed by atoms with E-state index < -0.39 is 5.97 Å². The number of benzene rings is 1. The third-order valence-corrected chi connectivity index (χ3v) is 2.87. The van der Waals surface area contributed by atoms with Crippen molar-refractivity contribution in [2.24, 2.45) is 0 Å². The molecule has 1 heterocycles. The summed E-state index contributed by atoms with van der Waals surface area (Å²) in [5.41, 5.74) is 3.22. The van der Waals surface area contributed by atoms with Crippen LogP contribution >= 0.6 is 0 Å². The minimum Gasteiger partial charge on any atom is -0.477 e. The lowest BCUT2D eigenvalue weighted by Gasteiger charge is -2.04. The molecule has 0 fully saturated rings. The maximum Gasteiger partial charge on any atom is 0.352 e. The molecule has 2 aromatic rings. The van der Waals surface area contributed by atoms with E-state index in [0.29, 0.717) is 5.69 Å². The van der Waals surface area contributed by atoms with Gasteiger partial charge in [-0.2, -0.15) is 0 Å². The fourth-order valence-electron chi connectivity index (χ4n) is 2.15. The molecule has 0 aliphatic carbocycles. The Hall–Kier alpha value is -1.77. The van der Waals surface area contributed by atoms with Crippen LogP contribution in [-0.4, -0.2) is 16.1 Å². The predicted molar refractivity (Wildman–Crippen MR) is 64.1 cm³/mol. The lowest BCUT2D eigenvalue weighted by Crippen LogP contribution is -2.02. The normalized spacial score (nSPS) is 11.2. The standard InChI is InChI=1S/C13H15NO2/c1-7(2)10-9-6-4-5-8(3)11(9)14-12(10)13(15)16/h4-7,14H,1-3H3,(H,15,16). The highest BCUT2D eigenvalue weighted by atomic mass is 16.4. The van der Waals surface area contributed by atoms with Gasteiger partial charge >= 0.3 is 5.97 Å². The second kappa shape index (κ2) is 3.67. The summed E-state index contributed by atoms with van der Waals surface area (Å²) in [6.07, 6.45) is 0. The van der Waals surface area contributed by atoms with E-state index in [4.69, 9.17) is 0 Å². The number of para-hydroxylation sites is 1. The van der Waals surface area contributed by atoms with Crippen molar-refractivity contribution in [3.05, 3.63) is 35.0 Å². The Morgan fingerprint density at radius 2 is 2.06 bits per heavy atom. The Balaban J connectivity index is 2.86. The lowest BCUT2D eigenvalue weighted by atomic mass is 9.98. The molecule has 0 amide bonds. The average molecular weight is 217 g/mol. The Morgan fingerprint density at radius 1 is 1.38 bits per heavy atom. The number of carboxylic acids is 1. The Bertz CT molecular complexity index is 552. The molecule has 0 aliphatic rings. The summed E-state index contributed by atoms with van der Waals surface area (Å²) in [7, 11) is 0. The number of carbonyl (C=O) groups is 1. The maximum atomic E-state index is 11.2. The molecular weight excluding hydrogens is 202 g/mol. The summed E-state index contributed by atoms with van der Waals surface area (Å²) >= 11 is 0. The summed E-state index contributed by atoms with van der Waals surface area (Å²) in [5, 5.41) is 10.2. The van der Waals surface area contributed by atoms with Crippen molar-refractivity contribution in [1.82, 2.24) is 4.98 Å². The zero-order valence-electron chi connectivity index (χ0n) is 9.66. The van der Waals surface area contributed by atoms with Gasteiger partial charge in [-0.15, -0.1) is 0 Å². The van der Waals surface area contributed by atoms with E-state index in [1.54, 1.807) is 0 Å². The van der Waals surface area contributed by atoms with Crippen molar-refractivity contribution >= 4 is 16.9 Å². The number of aryl methyl sites for hydroxylation is 1. The summed E-state index contributed by atoms with van der Waals surface area (Å²) in [6, 6.07) is 5.91. The van der Waals surface area contributed by atoms with Gasteiger partial charge in [-0.3, -0.25) is 0 Å². The first-order chi connectivity index (χ1) is 7.52. The van der Waals surface area contributed by atoms with Gasteiger partial charge in [0.2, 0.25) is 0 Å². The molecule has 1 aromatic heterocycles. The van der Waals surface area contributed by atoms with E-state index in [2.05, 4.69) is 4.98 Å². The fraction of sp³-hybridized carbons (Fsp3) is 0.308. The molecule has 0 unspecified atom stereocenters. The molecule has 0 atom stereocenters. The van der Waals surface area contributed by atoms with Crippen LogP contribution < -0.4 is 0 Å². The molecule has 0 bridgehead atoms. The van der Waals surface area contributed by atoms with Crippen molar-refractivity contribution < 1.29 is 9.90 Å².